The summed E-state index contributed by atoms with van der Waals surface area (Å²) in [7, 11) is 0. The molecule has 0 radical (unpaired) electrons. The van der Waals surface area contributed by atoms with Crippen molar-refractivity contribution in [3.63, 3.8) is 0 Å². The Morgan fingerprint density at radius 1 is 1.33 bits per heavy atom. The molecule has 1 amide bonds. The topological polar surface area (TPSA) is 66.8 Å². The molecule has 1 atom stereocenters. The molecule has 1 aromatic rings. The highest BCUT2D eigenvalue weighted by Crippen LogP contribution is 2.19. The SMILES string of the molecule is O=C1C=CN(C(=O)OCc2ccccc2)[C@@H](CCCO)C1. The predicted molar refractivity (Wildman–Crippen MR) is 77.3 cm³/mol. The van der Waals surface area contributed by atoms with Crippen molar-refractivity contribution in [3.8, 4) is 0 Å². The number of rotatable bonds is 5. The highest BCUT2D eigenvalue weighted by atomic mass is 16.6. The Morgan fingerprint density at radius 2 is 2.10 bits per heavy atom. The number of aliphatic hydroxyl groups excluding tert-OH is 1. The highest BCUT2D eigenvalue weighted by Gasteiger charge is 2.27. The number of hydrogen-bond donors (Lipinski definition) is 1. The number of benzene rings is 1. The van der Waals surface area contributed by atoms with Gasteiger partial charge in [0.2, 0.25) is 0 Å². The average molecular weight is 289 g/mol. The van der Waals surface area contributed by atoms with Gasteiger partial charge in [-0.3, -0.25) is 9.69 Å². The van der Waals surface area contributed by atoms with E-state index in [0.29, 0.717) is 12.8 Å². The summed E-state index contributed by atoms with van der Waals surface area (Å²) in [6.45, 7) is 0.242. The zero-order valence-corrected chi connectivity index (χ0v) is 11.8. The minimum absolute atomic E-state index is 0.00921. The number of allylic oxidation sites excluding steroid dienone is 1. The van der Waals surface area contributed by atoms with Gasteiger partial charge in [-0.25, -0.2) is 4.79 Å². The van der Waals surface area contributed by atoms with Crippen LogP contribution in [0.25, 0.3) is 0 Å². The molecule has 21 heavy (non-hydrogen) atoms. The maximum Gasteiger partial charge on any atom is 0.414 e. The Morgan fingerprint density at radius 3 is 2.81 bits per heavy atom. The van der Waals surface area contributed by atoms with E-state index in [-0.39, 0.29) is 31.5 Å². The third kappa shape index (κ3) is 4.43. The van der Waals surface area contributed by atoms with Gasteiger partial charge >= 0.3 is 6.09 Å². The smallest absolute Gasteiger partial charge is 0.414 e. The standard InChI is InChI=1S/C16H19NO4/c18-10-4-7-14-11-15(19)8-9-17(14)16(20)21-12-13-5-2-1-3-6-13/h1-3,5-6,8-9,14,18H,4,7,10-12H2/t14-/m0/s1. The van der Waals surface area contributed by atoms with E-state index in [1.54, 1.807) is 0 Å². The molecule has 5 heteroatoms. The number of carbonyl (C=O) groups is 2. The predicted octanol–water partition coefficient (Wildman–Crippen LogP) is 2.25. The lowest BCUT2D eigenvalue weighted by atomic mass is 10.0. The van der Waals surface area contributed by atoms with E-state index < -0.39 is 6.09 Å². The maximum atomic E-state index is 12.1. The molecule has 1 aliphatic rings. The van der Waals surface area contributed by atoms with Gasteiger partial charge in [0.05, 0.1) is 0 Å². The minimum Gasteiger partial charge on any atom is -0.444 e. The van der Waals surface area contributed by atoms with E-state index in [0.717, 1.165) is 5.56 Å². The first kappa shape index (κ1) is 15.3. The van der Waals surface area contributed by atoms with Gasteiger partial charge in [0.15, 0.2) is 5.78 Å². The number of ether oxygens (including phenoxy) is 1. The van der Waals surface area contributed by atoms with Crippen LogP contribution in [-0.2, 0) is 16.1 Å². The van der Waals surface area contributed by atoms with Crippen LogP contribution in [0, 0.1) is 0 Å². The van der Waals surface area contributed by atoms with Gasteiger partial charge in [0.25, 0.3) is 0 Å². The Kier molecular flexibility index (Phi) is 5.51. The molecule has 1 N–H and O–H groups in total. The number of nitrogens with zero attached hydrogens (tertiary/aromatic N) is 1. The van der Waals surface area contributed by atoms with Gasteiger partial charge in [0, 0.05) is 25.3 Å². The van der Waals surface area contributed by atoms with Crippen molar-refractivity contribution in [2.45, 2.75) is 31.9 Å². The lowest BCUT2D eigenvalue weighted by Gasteiger charge is -2.30. The Labute approximate surface area is 123 Å². The molecular formula is C16H19NO4. The third-order valence-electron chi connectivity index (χ3n) is 3.36. The number of carbonyl (C=O) groups excluding carboxylic acids is 2. The summed E-state index contributed by atoms with van der Waals surface area (Å²) < 4.78 is 5.27. The molecule has 0 aliphatic carbocycles. The Bertz CT molecular complexity index is 512. The van der Waals surface area contributed by atoms with Crippen LogP contribution in [0.2, 0.25) is 0 Å². The van der Waals surface area contributed by atoms with Crippen LogP contribution in [0.1, 0.15) is 24.8 Å². The summed E-state index contributed by atoms with van der Waals surface area (Å²) >= 11 is 0. The normalized spacial score (nSPS) is 17.9. The molecule has 0 aromatic heterocycles. The first-order valence-corrected chi connectivity index (χ1v) is 7.01. The zero-order chi connectivity index (χ0) is 15.1. The van der Waals surface area contributed by atoms with Crippen LogP contribution in [0.15, 0.2) is 42.6 Å². The fourth-order valence-corrected chi connectivity index (χ4v) is 2.26. The molecular weight excluding hydrogens is 270 g/mol. The van der Waals surface area contributed by atoms with Crippen molar-refractivity contribution >= 4 is 11.9 Å². The summed E-state index contributed by atoms with van der Waals surface area (Å²) in [5.41, 5.74) is 0.912. The summed E-state index contributed by atoms with van der Waals surface area (Å²) in [4.78, 5) is 25.0. The average Bonchev–Trinajstić information content (AvgIpc) is 2.51. The molecule has 0 unspecified atom stereocenters. The summed E-state index contributed by atoms with van der Waals surface area (Å²) in [6, 6.07) is 9.19. The van der Waals surface area contributed by atoms with E-state index in [1.165, 1.54) is 17.2 Å². The minimum atomic E-state index is -0.467. The van der Waals surface area contributed by atoms with Gasteiger partial charge in [0.1, 0.15) is 6.61 Å². The quantitative estimate of drug-likeness (QED) is 0.903. The Hall–Kier alpha value is -2.14. The molecule has 112 valence electrons. The molecule has 2 rings (SSSR count). The van der Waals surface area contributed by atoms with Gasteiger partial charge < -0.3 is 9.84 Å². The van der Waals surface area contributed by atoms with Crippen LogP contribution < -0.4 is 0 Å². The van der Waals surface area contributed by atoms with Crippen LogP contribution in [-0.4, -0.2) is 34.5 Å². The molecule has 0 saturated carbocycles. The van der Waals surface area contributed by atoms with Crippen molar-refractivity contribution in [3.05, 3.63) is 48.2 Å². The van der Waals surface area contributed by atoms with Gasteiger partial charge in [-0.15, -0.1) is 0 Å². The molecule has 0 saturated heterocycles. The molecule has 0 spiro atoms. The lowest BCUT2D eigenvalue weighted by Crippen LogP contribution is -2.40. The molecule has 5 nitrogen and oxygen atoms in total. The lowest BCUT2D eigenvalue weighted by molar-refractivity contribution is -0.116. The Balaban J connectivity index is 1.95. The van der Waals surface area contributed by atoms with Crippen LogP contribution in [0.5, 0.6) is 0 Å². The molecule has 0 bridgehead atoms. The monoisotopic (exact) mass is 289 g/mol. The van der Waals surface area contributed by atoms with Crippen LogP contribution in [0.4, 0.5) is 4.79 Å². The second kappa shape index (κ2) is 7.59. The largest absolute Gasteiger partial charge is 0.444 e. The van der Waals surface area contributed by atoms with Gasteiger partial charge in [-0.1, -0.05) is 30.3 Å². The first-order valence-electron chi connectivity index (χ1n) is 7.01. The van der Waals surface area contributed by atoms with Crippen molar-refractivity contribution in [1.82, 2.24) is 4.90 Å². The third-order valence-corrected chi connectivity index (χ3v) is 3.36. The van der Waals surface area contributed by atoms with Crippen molar-refractivity contribution in [1.29, 1.82) is 0 Å². The maximum absolute atomic E-state index is 12.1. The van der Waals surface area contributed by atoms with Crippen molar-refractivity contribution in [2.24, 2.45) is 0 Å². The number of amides is 1. The van der Waals surface area contributed by atoms with E-state index in [1.807, 2.05) is 30.3 Å². The van der Waals surface area contributed by atoms with Crippen molar-refractivity contribution in [2.75, 3.05) is 6.61 Å². The number of hydrogen-bond acceptors (Lipinski definition) is 4. The fraction of sp³-hybridized carbons (Fsp3) is 0.375. The second-order valence-corrected chi connectivity index (χ2v) is 4.95. The van der Waals surface area contributed by atoms with Gasteiger partial charge in [-0.2, -0.15) is 0 Å². The van der Waals surface area contributed by atoms with E-state index >= 15 is 0 Å². The molecule has 0 fully saturated rings. The summed E-state index contributed by atoms with van der Waals surface area (Å²) in [6.07, 6.45) is 3.80. The zero-order valence-electron chi connectivity index (χ0n) is 11.8. The van der Waals surface area contributed by atoms with Crippen LogP contribution >= 0.6 is 0 Å². The van der Waals surface area contributed by atoms with Crippen LogP contribution in [0.3, 0.4) is 0 Å². The highest BCUT2D eigenvalue weighted by molar-refractivity contribution is 5.92. The van der Waals surface area contributed by atoms with E-state index in [2.05, 4.69) is 0 Å². The first-order chi connectivity index (χ1) is 10.2. The van der Waals surface area contributed by atoms with Gasteiger partial charge in [-0.05, 0) is 24.5 Å². The second-order valence-electron chi connectivity index (χ2n) is 4.95. The van der Waals surface area contributed by atoms with Crippen molar-refractivity contribution < 1.29 is 19.4 Å². The molecule has 1 heterocycles. The number of ketones is 1. The molecule has 1 aromatic carbocycles. The van der Waals surface area contributed by atoms with E-state index in [4.69, 9.17) is 9.84 Å². The molecule has 1 aliphatic heterocycles. The number of aliphatic hydroxyl groups is 1. The fourth-order valence-electron chi connectivity index (χ4n) is 2.26. The summed E-state index contributed by atoms with van der Waals surface area (Å²) in [5.74, 6) is -0.00921. The van der Waals surface area contributed by atoms with E-state index in [9.17, 15) is 9.59 Å². The summed E-state index contributed by atoms with van der Waals surface area (Å²) in [5, 5.41) is 8.90.